The molecule has 0 heterocycles. The Labute approximate surface area is 61.1 Å². The van der Waals surface area contributed by atoms with Crippen molar-refractivity contribution < 1.29 is 1.37 Å². The van der Waals surface area contributed by atoms with E-state index < -0.39 is 0 Å². The molecule has 0 amide bonds. The first-order chi connectivity index (χ1) is 4.54. The molecule has 0 aliphatic carbocycles. The summed E-state index contributed by atoms with van der Waals surface area (Å²) >= 11 is 0. The second-order valence-electron chi connectivity index (χ2n) is 3.45. The molecule has 0 aromatic carbocycles. The Balaban J connectivity index is 3.30. The summed E-state index contributed by atoms with van der Waals surface area (Å²) in [6.07, 6.45) is 2.42. The molecule has 0 spiro atoms. The predicted octanol–water partition coefficient (Wildman–Crippen LogP) is 3.47. The van der Waals surface area contributed by atoms with Crippen molar-refractivity contribution in [2.75, 3.05) is 0 Å². The Hall–Kier alpha value is 0. The second-order valence-corrected chi connectivity index (χ2v) is 3.45. The molecule has 0 rings (SSSR count). The number of hydrogen-bond donors (Lipinski definition) is 0. The van der Waals surface area contributed by atoms with Crippen LogP contribution in [0.25, 0.3) is 0 Å². The Bertz CT molecular complexity index is 76.8. The average molecular weight is 130 g/mol. The molecule has 0 saturated heterocycles. The highest BCUT2D eigenvalue weighted by atomic mass is 14.0. The Morgan fingerprint density at radius 3 is 2.00 bits per heavy atom. The van der Waals surface area contributed by atoms with Crippen molar-refractivity contribution in [3.8, 4) is 0 Å². The second kappa shape index (κ2) is 4.84. The van der Waals surface area contributed by atoms with E-state index in [1.165, 1.54) is 6.42 Å². The highest BCUT2D eigenvalue weighted by Crippen LogP contribution is 2.10. The van der Waals surface area contributed by atoms with Gasteiger partial charge in [-0.2, -0.15) is 0 Å². The van der Waals surface area contributed by atoms with E-state index >= 15 is 0 Å². The fourth-order valence-electron chi connectivity index (χ4n) is 0.763. The molecule has 0 aromatic rings. The molecule has 0 saturated carbocycles. The molecular weight excluding hydrogens is 108 g/mol. The lowest BCUT2D eigenvalue weighted by Crippen LogP contribution is -1.90. The Morgan fingerprint density at radius 1 is 1.11 bits per heavy atom. The zero-order valence-electron chi connectivity index (χ0n) is 8.15. The van der Waals surface area contributed by atoms with Crippen LogP contribution in [0.2, 0.25) is 0 Å². The largest absolute Gasteiger partial charge is 0.0628 e. The summed E-state index contributed by atoms with van der Waals surface area (Å²) in [5.41, 5.74) is 0. The van der Waals surface area contributed by atoms with Gasteiger partial charge >= 0.3 is 0 Å². The predicted molar refractivity (Wildman–Crippen MR) is 43.5 cm³/mol. The number of hydrogen-bond acceptors (Lipinski definition) is 0. The van der Waals surface area contributed by atoms with Gasteiger partial charge in [-0.1, -0.05) is 46.9 Å². The van der Waals surface area contributed by atoms with E-state index in [0.717, 1.165) is 12.3 Å². The molecule has 0 bridgehead atoms. The maximum absolute atomic E-state index is 7.62. The molecule has 0 aromatic heterocycles. The molecule has 0 fully saturated rings. The van der Waals surface area contributed by atoms with Gasteiger partial charge < -0.3 is 0 Å². The van der Waals surface area contributed by atoms with E-state index in [1.54, 1.807) is 0 Å². The Morgan fingerprint density at radius 2 is 1.67 bits per heavy atom. The topological polar surface area (TPSA) is 0 Å². The summed E-state index contributed by atoms with van der Waals surface area (Å²) in [4.78, 5) is 0. The maximum Gasteiger partial charge on any atom is 0.0269 e. The van der Waals surface area contributed by atoms with Crippen LogP contribution in [0, 0.1) is 11.8 Å². The van der Waals surface area contributed by atoms with Gasteiger partial charge in [-0.15, -0.1) is 0 Å². The summed E-state index contributed by atoms with van der Waals surface area (Å²) < 4.78 is 7.62. The van der Waals surface area contributed by atoms with Gasteiger partial charge in [0.05, 0.1) is 0 Å². The first-order valence-electron chi connectivity index (χ1n) is 4.54. The molecule has 56 valence electrons. The SMILES string of the molecule is [3H]C(CCC(C)C)C(C)C. The summed E-state index contributed by atoms with van der Waals surface area (Å²) in [6, 6.07) is 0. The minimum atomic E-state index is 0.155. The van der Waals surface area contributed by atoms with Crippen molar-refractivity contribution in [1.82, 2.24) is 0 Å². The summed E-state index contributed by atoms with van der Waals surface area (Å²) in [5, 5.41) is 0. The van der Waals surface area contributed by atoms with Crippen molar-refractivity contribution in [2.45, 2.75) is 46.9 Å². The highest BCUT2D eigenvalue weighted by Gasteiger charge is 1.95. The van der Waals surface area contributed by atoms with Gasteiger partial charge in [-0.3, -0.25) is 0 Å². The van der Waals surface area contributed by atoms with Crippen LogP contribution in [0.3, 0.4) is 0 Å². The fraction of sp³-hybridized carbons (Fsp3) is 1.00. The molecular formula is C9H20. The van der Waals surface area contributed by atoms with Crippen LogP contribution >= 0.6 is 0 Å². The number of rotatable bonds is 4. The molecule has 0 nitrogen and oxygen atoms in total. The Kier molecular flexibility index (Phi) is 3.82. The van der Waals surface area contributed by atoms with Crippen LogP contribution in [0.1, 0.15) is 48.3 Å². The lowest BCUT2D eigenvalue weighted by atomic mass is 10.0. The van der Waals surface area contributed by atoms with E-state index in [-0.39, 0.29) is 6.40 Å². The van der Waals surface area contributed by atoms with Gasteiger partial charge in [0, 0.05) is 1.37 Å². The maximum atomic E-state index is 7.62. The molecule has 1 atom stereocenters. The minimum Gasteiger partial charge on any atom is -0.0628 e. The smallest absolute Gasteiger partial charge is 0.0269 e. The summed E-state index contributed by atoms with van der Waals surface area (Å²) in [5.74, 6) is 1.28. The average Bonchev–Trinajstić information content (AvgIpc) is 1.82. The van der Waals surface area contributed by atoms with Crippen molar-refractivity contribution in [1.29, 1.82) is 0 Å². The molecule has 1 unspecified atom stereocenters. The summed E-state index contributed by atoms with van der Waals surface area (Å²) in [6.45, 7) is 8.68. The van der Waals surface area contributed by atoms with Crippen molar-refractivity contribution in [2.24, 2.45) is 11.8 Å². The van der Waals surface area contributed by atoms with E-state index in [0.29, 0.717) is 5.92 Å². The molecule has 9 heavy (non-hydrogen) atoms. The van der Waals surface area contributed by atoms with Crippen molar-refractivity contribution >= 4 is 0 Å². The third kappa shape index (κ3) is 8.00. The zero-order valence-corrected chi connectivity index (χ0v) is 7.15. The van der Waals surface area contributed by atoms with Crippen LogP contribution in [0.15, 0.2) is 0 Å². The third-order valence-electron chi connectivity index (χ3n) is 1.38. The van der Waals surface area contributed by atoms with Crippen molar-refractivity contribution in [3.63, 3.8) is 0 Å². The van der Waals surface area contributed by atoms with Crippen LogP contribution in [0.5, 0.6) is 0 Å². The zero-order chi connectivity index (χ0) is 8.15. The van der Waals surface area contributed by atoms with E-state index in [4.69, 9.17) is 1.37 Å². The quantitative estimate of drug-likeness (QED) is 0.546. The van der Waals surface area contributed by atoms with Crippen LogP contribution < -0.4 is 0 Å². The van der Waals surface area contributed by atoms with Crippen LogP contribution in [-0.4, -0.2) is 0 Å². The third-order valence-corrected chi connectivity index (χ3v) is 1.38. The lowest BCUT2D eigenvalue weighted by molar-refractivity contribution is 0.480. The van der Waals surface area contributed by atoms with Crippen LogP contribution in [0.4, 0.5) is 0 Å². The minimum absolute atomic E-state index is 0.155. The monoisotopic (exact) mass is 130 g/mol. The first kappa shape index (κ1) is 7.11. The normalized spacial score (nSPS) is 16.4. The first-order valence-corrected chi connectivity index (χ1v) is 3.96. The summed E-state index contributed by atoms with van der Waals surface area (Å²) in [7, 11) is 0. The van der Waals surface area contributed by atoms with Gasteiger partial charge in [-0.25, -0.2) is 0 Å². The molecule has 0 heteroatoms. The van der Waals surface area contributed by atoms with Gasteiger partial charge in [0.15, 0.2) is 0 Å². The van der Waals surface area contributed by atoms with E-state index in [2.05, 4.69) is 27.7 Å². The van der Waals surface area contributed by atoms with Gasteiger partial charge in [0.1, 0.15) is 0 Å². The van der Waals surface area contributed by atoms with Gasteiger partial charge in [0.2, 0.25) is 0 Å². The van der Waals surface area contributed by atoms with Crippen LogP contribution in [-0.2, 0) is 0 Å². The molecule has 0 radical (unpaired) electrons. The molecule has 0 aliphatic heterocycles. The van der Waals surface area contributed by atoms with Gasteiger partial charge in [0.25, 0.3) is 0 Å². The standard InChI is InChI=1S/C9H20/c1-8(2)6-5-7-9(3)4/h8-9H,5-7H2,1-4H3/i6T. The lowest BCUT2D eigenvalue weighted by Gasteiger charge is -2.05. The van der Waals surface area contributed by atoms with E-state index in [1.807, 2.05) is 0 Å². The van der Waals surface area contributed by atoms with E-state index in [9.17, 15) is 0 Å². The van der Waals surface area contributed by atoms with Crippen molar-refractivity contribution in [3.05, 3.63) is 0 Å². The van der Waals surface area contributed by atoms with Gasteiger partial charge in [-0.05, 0) is 11.8 Å². The highest BCUT2D eigenvalue weighted by molar-refractivity contribution is 4.49. The fourth-order valence-corrected chi connectivity index (χ4v) is 0.763. The molecule has 0 aliphatic rings. The molecule has 0 N–H and O–H groups in total.